The van der Waals surface area contributed by atoms with E-state index in [0.29, 0.717) is 0 Å². The maximum atomic E-state index is 8.49. The smallest absolute Gasteiger partial charge is 0.204 e. The van der Waals surface area contributed by atoms with Crippen molar-refractivity contribution in [3.05, 3.63) is 0 Å². The van der Waals surface area contributed by atoms with E-state index in [1.807, 2.05) is 6.07 Å². The van der Waals surface area contributed by atoms with Gasteiger partial charge in [-0.25, -0.2) is 0 Å². The SMILES string of the molecule is CCCCCCC#CC(C#N)OC. The number of nitriles is 1. The molecule has 0 aliphatic carbocycles. The minimum Gasteiger partial charge on any atom is -0.355 e. The van der Waals surface area contributed by atoms with Crippen LogP contribution in [0.2, 0.25) is 0 Å². The van der Waals surface area contributed by atoms with Gasteiger partial charge in [-0.2, -0.15) is 5.26 Å². The van der Waals surface area contributed by atoms with Crippen LogP contribution in [0.1, 0.15) is 39.0 Å². The number of rotatable bonds is 5. The molecule has 0 spiro atoms. The largest absolute Gasteiger partial charge is 0.355 e. The van der Waals surface area contributed by atoms with E-state index in [4.69, 9.17) is 10.00 Å². The van der Waals surface area contributed by atoms with Crippen molar-refractivity contribution in [3.63, 3.8) is 0 Å². The van der Waals surface area contributed by atoms with Crippen molar-refractivity contribution in [1.29, 1.82) is 5.26 Å². The summed E-state index contributed by atoms with van der Waals surface area (Å²) in [5.74, 6) is 5.71. The zero-order valence-electron chi connectivity index (χ0n) is 8.47. The van der Waals surface area contributed by atoms with Crippen molar-refractivity contribution in [2.45, 2.75) is 45.1 Å². The van der Waals surface area contributed by atoms with Gasteiger partial charge in [0.25, 0.3) is 0 Å². The van der Waals surface area contributed by atoms with E-state index in [9.17, 15) is 0 Å². The summed E-state index contributed by atoms with van der Waals surface area (Å²) in [7, 11) is 1.50. The fourth-order valence-electron chi connectivity index (χ4n) is 0.949. The van der Waals surface area contributed by atoms with Gasteiger partial charge in [0, 0.05) is 13.5 Å². The Balaban J connectivity index is 3.44. The van der Waals surface area contributed by atoms with Gasteiger partial charge >= 0.3 is 0 Å². The second kappa shape index (κ2) is 9.10. The van der Waals surface area contributed by atoms with E-state index >= 15 is 0 Å². The van der Waals surface area contributed by atoms with Crippen LogP contribution < -0.4 is 0 Å². The van der Waals surface area contributed by atoms with Crippen LogP contribution in [0, 0.1) is 23.2 Å². The number of hydrogen-bond donors (Lipinski definition) is 0. The molecular formula is C11H17NO. The molecule has 1 atom stereocenters. The van der Waals surface area contributed by atoms with Crippen molar-refractivity contribution in [3.8, 4) is 17.9 Å². The third-order valence-electron chi connectivity index (χ3n) is 1.74. The minimum absolute atomic E-state index is 0.550. The molecule has 0 saturated carbocycles. The second-order valence-corrected chi connectivity index (χ2v) is 2.88. The van der Waals surface area contributed by atoms with Crippen molar-refractivity contribution in [1.82, 2.24) is 0 Å². The molecule has 2 nitrogen and oxygen atoms in total. The van der Waals surface area contributed by atoms with Gasteiger partial charge in [-0.1, -0.05) is 38.0 Å². The monoisotopic (exact) mass is 179 g/mol. The molecule has 0 bridgehead atoms. The van der Waals surface area contributed by atoms with E-state index in [1.54, 1.807) is 0 Å². The van der Waals surface area contributed by atoms with E-state index in [2.05, 4.69) is 18.8 Å². The maximum absolute atomic E-state index is 8.49. The summed E-state index contributed by atoms with van der Waals surface area (Å²) in [6, 6.07) is 1.96. The zero-order chi connectivity index (χ0) is 9.94. The Morgan fingerprint density at radius 1 is 1.31 bits per heavy atom. The summed E-state index contributed by atoms with van der Waals surface area (Å²) in [6.45, 7) is 2.18. The second-order valence-electron chi connectivity index (χ2n) is 2.88. The van der Waals surface area contributed by atoms with Crippen LogP contribution in [0.5, 0.6) is 0 Å². The topological polar surface area (TPSA) is 33.0 Å². The molecule has 0 saturated heterocycles. The van der Waals surface area contributed by atoms with Gasteiger partial charge in [0.2, 0.25) is 6.10 Å². The highest BCUT2D eigenvalue weighted by atomic mass is 16.5. The maximum Gasteiger partial charge on any atom is 0.204 e. The number of hydrogen-bond acceptors (Lipinski definition) is 2. The van der Waals surface area contributed by atoms with Gasteiger partial charge in [-0.05, 0) is 6.42 Å². The summed E-state index contributed by atoms with van der Waals surface area (Å²) in [4.78, 5) is 0. The van der Waals surface area contributed by atoms with Crippen LogP contribution in [0.3, 0.4) is 0 Å². The lowest BCUT2D eigenvalue weighted by molar-refractivity contribution is 0.190. The summed E-state index contributed by atoms with van der Waals surface area (Å²) in [5.41, 5.74) is 0. The zero-order valence-corrected chi connectivity index (χ0v) is 8.47. The van der Waals surface area contributed by atoms with Crippen LogP contribution >= 0.6 is 0 Å². The van der Waals surface area contributed by atoms with Gasteiger partial charge in [0.15, 0.2) is 0 Å². The molecule has 0 fully saturated rings. The quantitative estimate of drug-likeness (QED) is 0.480. The Hall–Kier alpha value is -0.990. The first-order valence-corrected chi connectivity index (χ1v) is 4.76. The lowest BCUT2D eigenvalue weighted by atomic mass is 10.1. The molecule has 72 valence electrons. The molecule has 0 aromatic rings. The molecule has 0 N–H and O–H groups in total. The van der Waals surface area contributed by atoms with Crippen molar-refractivity contribution in [2.75, 3.05) is 7.11 Å². The van der Waals surface area contributed by atoms with Crippen LogP contribution in [-0.4, -0.2) is 13.2 Å². The predicted octanol–water partition coefficient (Wildman–Crippen LogP) is 2.50. The first kappa shape index (κ1) is 12.0. The Bertz CT molecular complexity index is 206. The standard InChI is InChI=1S/C11H17NO/c1-3-4-5-6-7-8-9-11(10-12)13-2/h11H,3-7H2,1-2H3. The van der Waals surface area contributed by atoms with Gasteiger partial charge < -0.3 is 4.74 Å². The fraction of sp³-hybridized carbons (Fsp3) is 0.727. The molecular weight excluding hydrogens is 162 g/mol. The van der Waals surface area contributed by atoms with E-state index < -0.39 is 6.10 Å². The summed E-state index contributed by atoms with van der Waals surface area (Å²) < 4.78 is 4.79. The van der Waals surface area contributed by atoms with Crippen molar-refractivity contribution < 1.29 is 4.74 Å². The minimum atomic E-state index is -0.550. The molecule has 0 aliphatic rings. The lowest BCUT2D eigenvalue weighted by Gasteiger charge is -1.95. The first-order valence-electron chi connectivity index (χ1n) is 4.76. The van der Waals surface area contributed by atoms with Gasteiger partial charge in [0.05, 0.1) is 0 Å². The van der Waals surface area contributed by atoms with Gasteiger partial charge in [-0.3, -0.25) is 0 Å². The number of unbranched alkanes of at least 4 members (excludes halogenated alkanes) is 4. The molecule has 0 aromatic carbocycles. The van der Waals surface area contributed by atoms with Crippen molar-refractivity contribution in [2.24, 2.45) is 0 Å². The Morgan fingerprint density at radius 3 is 2.62 bits per heavy atom. The highest BCUT2D eigenvalue weighted by Gasteiger charge is 1.95. The molecule has 0 aromatic heterocycles. The third-order valence-corrected chi connectivity index (χ3v) is 1.74. The Kier molecular flexibility index (Phi) is 8.41. The summed E-state index contributed by atoms with van der Waals surface area (Å²) >= 11 is 0. The number of nitrogens with zero attached hydrogens (tertiary/aromatic N) is 1. The van der Waals surface area contributed by atoms with Crippen molar-refractivity contribution >= 4 is 0 Å². The Labute approximate surface area is 80.9 Å². The van der Waals surface area contributed by atoms with Crippen LogP contribution in [0.15, 0.2) is 0 Å². The Morgan fingerprint density at radius 2 is 2.08 bits per heavy atom. The van der Waals surface area contributed by atoms with Crippen LogP contribution in [-0.2, 0) is 4.74 Å². The fourth-order valence-corrected chi connectivity index (χ4v) is 0.949. The predicted molar refractivity (Wildman–Crippen MR) is 52.9 cm³/mol. The van der Waals surface area contributed by atoms with E-state index in [1.165, 1.54) is 26.4 Å². The summed E-state index contributed by atoms with van der Waals surface area (Å²) in [6.07, 6.45) is 5.20. The summed E-state index contributed by atoms with van der Waals surface area (Å²) in [5, 5.41) is 8.49. The van der Waals surface area contributed by atoms with E-state index in [0.717, 1.165) is 12.8 Å². The van der Waals surface area contributed by atoms with Gasteiger partial charge in [0.1, 0.15) is 6.07 Å². The number of ether oxygens (including phenoxy) is 1. The van der Waals surface area contributed by atoms with Crippen LogP contribution in [0.25, 0.3) is 0 Å². The third kappa shape index (κ3) is 7.37. The van der Waals surface area contributed by atoms with E-state index in [-0.39, 0.29) is 0 Å². The number of methoxy groups -OCH3 is 1. The normalized spacial score (nSPS) is 11.2. The molecule has 0 aliphatic heterocycles. The highest BCUT2D eigenvalue weighted by molar-refractivity contribution is 5.13. The highest BCUT2D eigenvalue weighted by Crippen LogP contribution is 2.01. The molecule has 13 heavy (non-hydrogen) atoms. The molecule has 0 heterocycles. The average molecular weight is 179 g/mol. The molecule has 2 heteroatoms. The average Bonchev–Trinajstić information content (AvgIpc) is 2.17. The lowest BCUT2D eigenvalue weighted by Crippen LogP contribution is -2.02. The van der Waals surface area contributed by atoms with Crippen LogP contribution in [0.4, 0.5) is 0 Å². The molecule has 0 radical (unpaired) electrons. The first-order chi connectivity index (χ1) is 6.35. The molecule has 1 unspecified atom stereocenters. The molecule has 0 amide bonds. The molecule has 0 rings (SSSR count). The van der Waals surface area contributed by atoms with Gasteiger partial charge in [-0.15, -0.1) is 0 Å².